The summed E-state index contributed by atoms with van der Waals surface area (Å²) < 4.78 is 7.29. The second-order valence-electron chi connectivity index (χ2n) is 6.57. The first kappa shape index (κ1) is 17.0. The molecule has 3 rings (SSSR count). The molecule has 0 amide bonds. The van der Waals surface area contributed by atoms with Crippen LogP contribution >= 0.6 is 15.9 Å². The second-order valence-corrected chi connectivity index (χ2v) is 7.48. The topological polar surface area (TPSA) is 9.23 Å². The van der Waals surface area contributed by atoms with Crippen molar-refractivity contribution < 1.29 is 4.74 Å². The lowest BCUT2D eigenvalue weighted by Gasteiger charge is -2.27. The molecule has 0 radical (unpaired) electrons. The zero-order valence-corrected chi connectivity index (χ0v) is 16.1. The molecule has 1 nitrogen and oxygen atoms in total. The van der Waals surface area contributed by atoms with Crippen LogP contribution in [-0.2, 0) is 6.42 Å². The van der Waals surface area contributed by atoms with Crippen molar-refractivity contribution in [2.24, 2.45) is 0 Å². The highest BCUT2D eigenvalue weighted by atomic mass is 79.9. The van der Waals surface area contributed by atoms with Crippen molar-refractivity contribution in [1.29, 1.82) is 0 Å². The lowest BCUT2D eigenvalue weighted by atomic mass is 9.93. The SMILES string of the molecule is C=C(/C=C(\C)c1c(C)cccc1C)C1CCc2cc(Br)ccc2O1. The van der Waals surface area contributed by atoms with Gasteiger partial charge in [0.15, 0.2) is 0 Å². The summed E-state index contributed by atoms with van der Waals surface area (Å²) in [5, 5.41) is 0. The van der Waals surface area contributed by atoms with E-state index in [1.807, 2.05) is 12.1 Å². The molecule has 1 heterocycles. The fourth-order valence-electron chi connectivity index (χ4n) is 3.50. The van der Waals surface area contributed by atoms with E-state index in [9.17, 15) is 0 Å². The summed E-state index contributed by atoms with van der Waals surface area (Å²) in [6, 6.07) is 12.6. The van der Waals surface area contributed by atoms with E-state index in [0.717, 1.165) is 28.6 Å². The monoisotopic (exact) mass is 382 g/mol. The van der Waals surface area contributed by atoms with Crippen LogP contribution in [0.4, 0.5) is 0 Å². The fraction of sp³-hybridized carbons (Fsp3) is 0.273. The fourth-order valence-corrected chi connectivity index (χ4v) is 3.91. The minimum absolute atomic E-state index is 0.0537. The van der Waals surface area contributed by atoms with Gasteiger partial charge in [-0.3, -0.25) is 0 Å². The van der Waals surface area contributed by atoms with Crippen molar-refractivity contribution in [3.63, 3.8) is 0 Å². The van der Waals surface area contributed by atoms with E-state index in [1.54, 1.807) is 0 Å². The van der Waals surface area contributed by atoms with Crippen LogP contribution in [0.3, 0.4) is 0 Å². The van der Waals surface area contributed by atoms with Crippen LogP contribution in [0.25, 0.3) is 5.57 Å². The van der Waals surface area contributed by atoms with Crippen molar-refractivity contribution in [2.75, 3.05) is 0 Å². The van der Waals surface area contributed by atoms with E-state index < -0.39 is 0 Å². The Morgan fingerprint density at radius 3 is 2.62 bits per heavy atom. The number of rotatable bonds is 3. The summed E-state index contributed by atoms with van der Waals surface area (Å²) in [5.41, 5.74) is 7.49. The third-order valence-electron chi connectivity index (χ3n) is 4.66. The average Bonchev–Trinajstić information content (AvgIpc) is 2.54. The number of fused-ring (bicyclic) bond motifs is 1. The minimum Gasteiger partial charge on any atom is -0.485 e. The summed E-state index contributed by atoms with van der Waals surface area (Å²) in [6.07, 6.45) is 4.23. The van der Waals surface area contributed by atoms with Crippen molar-refractivity contribution in [1.82, 2.24) is 0 Å². The van der Waals surface area contributed by atoms with Crippen molar-refractivity contribution in [3.8, 4) is 5.75 Å². The summed E-state index contributed by atoms with van der Waals surface area (Å²) in [7, 11) is 0. The van der Waals surface area contributed by atoms with Crippen molar-refractivity contribution in [3.05, 3.63) is 81.4 Å². The highest BCUT2D eigenvalue weighted by molar-refractivity contribution is 9.10. The highest BCUT2D eigenvalue weighted by Gasteiger charge is 2.21. The van der Waals surface area contributed by atoms with Crippen molar-refractivity contribution >= 4 is 21.5 Å². The van der Waals surface area contributed by atoms with Crippen LogP contribution in [0.1, 0.15) is 35.6 Å². The third-order valence-corrected chi connectivity index (χ3v) is 5.15. The quantitative estimate of drug-likeness (QED) is 0.556. The molecule has 2 heteroatoms. The van der Waals surface area contributed by atoms with Crippen LogP contribution < -0.4 is 4.74 Å². The molecule has 0 saturated carbocycles. The van der Waals surface area contributed by atoms with Crippen LogP contribution in [0.15, 0.2) is 59.1 Å². The summed E-state index contributed by atoms with van der Waals surface area (Å²) in [5.74, 6) is 0.980. The Morgan fingerprint density at radius 1 is 1.21 bits per heavy atom. The molecular formula is C22H23BrO. The van der Waals surface area contributed by atoms with Gasteiger partial charge in [0, 0.05) is 4.47 Å². The van der Waals surface area contributed by atoms with E-state index in [1.165, 1.54) is 27.8 Å². The van der Waals surface area contributed by atoms with Gasteiger partial charge in [0.2, 0.25) is 0 Å². The summed E-state index contributed by atoms with van der Waals surface area (Å²) >= 11 is 3.52. The number of aryl methyl sites for hydroxylation is 3. The van der Waals surface area contributed by atoms with Gasteiger partial charge >= 0.3 is 0 Å². The molecule has 0 N–H and O–H groups in total. The van der Waals surface area contributed by atoms with Crippen molar-refractivity contribution in [2.45, 2.75) is 39.7 Å². The van der Waals surface area contributed by atoms with Crippen LogP contribution in [0.5, 0.6) is 5.75 Å². The number of hydrogen-bond donors (Lipinski definition) is 0. The van der Waals surface area contributed by atoms with Gasteiger partial charge in [-0.2, -0.15) is 0 Å². The summed E-state index contributed by atoms with van der Waals surface area (Å²) in [6.45, 7) is 10.8. The van der Waals surface area contributed by atoms with E-state index in [-0.39, 0.29) is 6.10 Å². The molecule has 1 aliphatic rings. The van der Waals surface area contributed by atoms with Gasteiger partial charge in [0.1, 0.15) is 11.9 Å². The maximum absolute atomic E-state index is 6.18. The maximum atomic E-state index is 6.18. The lowest BCUT2D eigenvalue weighted by molar-refractivity contribution is 0.211. The zero-order chi connectivity index (χ0) is 17.3. The Kier molecular flexibility index (Phi) is 4.96. The van der Waals surface area contributed by atoms with Gasteiger partial charge in [0.25, 0.3) is 0 Å². The molecule has 1 atom stereocenters. The first-order valence-electron chi connectivity index (χ1n) is 8.34. The van der Waals surface area contributed by atoms with Gasteiger partial charge in [0.05, 0.1) is 0 Å². The Balaban J connectivity index is 1.81. The van der Waals surface area contributed by atoms with E-state index in [2.05, 4.69) is 73.6 Å². The largest absolute Gasteiger partial charge is 0.485 e. The molecule has 0 spiro atoms. The number of benzene rings is 2. The van der Waals surface area contributed by atoms with Crippen LogP contribution in [0, 0.1) is 13.8 Å². The standard InChI is InChI=1S/C22H23BrO/c1-14-6-5-7-15(2)22(14)17(4)12-16(3)20-10-8-18-13-19(23)9-11-21(18)24-20/h5-7,9,11-13,20H,3,8,10H2,1-2,4H3/b17-12+. The Hall–Kier alpha value is -1.80. The molecule has 0 aromatic heterocycles. The van der Waals surface area contributed by atoms with Gasteiger partial charge in [-0.1, -0.05) is 46.8 Å². The third kappa shape index (κ3) is 3.49. The van der Waals surface area contributed by atoms with Gasteiger partial charge in [-0.25, -0.2) is 0 Å². The molecule has 1 aliphatic heterocycles. The molecule has 0 bridgehead atoms. The second kappa shape index (κ2) is 6.98. The van der Waals surface area contributed by atoms with E-state index >= 15 is 0 Å². The van der Waals surface area contributed by atoms with Gasteiger partial charge < -0.3 is 4.74 Å². The van der Waals surface area contributed by atoms with Gasteiger partial charge in [-0.15, -0.1) is 0 Å². The van der Waals surface area contributed by atoms with Crippen LogP contribution in [-0.4, -0.2) is 6.10 Å². The smallest absolute Gasteiger partial charge is 0.123 e. The Morgan fingerprint density at radius 2 is 1.92 bits per heavy atom. The molecule has 1 unspecified atom stereocenters. The molecule has 124 valence electrons. The molecule has 24 heavy (non-hydrogen) atoms. The number of hydrogen-bond acceptors (Lipinski definition) is 1. The first-order chi connectivity index (χ1) is 11.5. The molecule has 0 fully saturated rings. The van der Waals surface area contributed by atoms with E-state index in [4.69, 9.17) is 4.74 Å². The summed E-state index contributed by atoms with van der Waals surface area (Å²) in [4.78, 5) is 0. The maximum Gasteiger partial charge on any atom is 0.123 e. The molecule has 0 saturated heterocycles. The molecule has 2 aromatic carbocycles. The molecule has 2 aromatic rings. The number of allylic oxidation sites excluding steroid dienone is 1. The Labute approximate surface area is 153 Å². The average molecular weight is 383 g/mol. The van der Waals surface area contributed by atoms with Crippen LogP contribution in [0.2, 0.25) is 0 Å². The Bertz CT molecular complexity index is 796. The first-order valence-corrected chi connectivity index (χ1v) is 9.14. The van der Waals surface area contributed by atoms with E-state index in [0.29, 0.717) is 0 Å². The predicted octanol–water partition coefficient (Wildman–Crippen LogP) is 6.42. The normalized spacial score (nSPS) is 17.2. The number of ether oxygens (including phenoxy) is 1. The molecular weight excluding hydrogens is 360 g/mol. The zero-order valence-electron chi connectivity index (χ0n) is 14.5. The predicted molar refractivity (Wildman–Crippen MR) is 106 cm³/mol. The minimum atomic E-state index is 0.0537. The van der Waals surface area contributed by atoms with Gasteiger partial charge in [-0.05, 0) is 85.2 Å². The highest BCUT2D eigenvalue weighted by Crippen LogP contribution is 2.33. The lowest BCUT2D eigenvalue weighted by Crippen LogP contribution is -2.23. The number of halogens is 1. The molecule has 0 aliphatic carbocycles.